The fourth-order valence-corrected chi connectivity index (χ4v) is 1.80. The predicted octanol–water partition coefficient (Wildman–Crippen LogP) is 3.52. The minimum absolute atomic E-state index is 0.336. The van der Waals surface area contributed by atoms with Crippen LogP contribution in [0.15, 0.2) is 11.2 Å². The normalized spacial score (nSPS) is 10.5. The van der Waals surface area contributed by atoms with Crippen molar-refractivity contribution in [2.24, 2.45) is 5.11 Å². The molecule has 0 aromatic carbocycles. The molecule has 6 nitrogen and oxygen atoms in total. The maximum Gasteiger partial charge on any atom is 0.355 e. The van der Waals surface area contributed by atoms with Crippen molar-refractivity contribution in [1.29, 1.82) is 0 Å². The van der Waals surface area contributed by atoms with Gasteiger partial charge in [0.15, 0.2) is 0 Å². The molecule has 0 aliphatic carbocycles. The summed E-state index contributed by atoms with van der Waals surface area (Å²) in [5.74, 6) is -0.336. The number of nitrogens with zero attached hydrogens (tertiary/aromatic N) is 3. The van der Waals surface area contributed by atoms with Crippen LogP contribution in [0.5, 0.6) is 0 Å². The van der Waals surface area contributed by atoms with Gasteiger partial charge in [-0.25, -0.2) is 4.79 Å². The second-order valence-electron chi connectivity index (χ2n) is 4.03. The smallest absolute Gasteiger partial charge is 0.355 e. The molecule has 19 heavy (non-hydrogen) atoms. The lowest BCUT2D eigenvalue weighted by atomic mass is 10.1. The molecule has 0 aliphatic rings. The predicted molar refractivity (Wildman–Crippen MR) is 73.9 cm³/mol. The first-order valence-electron chi connectivity index (χ1n) is 6.15. The van der Waals surface area contributed by atoms with Crippen molar-refractivity contribution < 1.29 is 9.53 Å². The van der Waals surface area contributed by atoms with Crippen LogP contribution in [0.3, 0.4) is 0 Å². The summed E-state index contributed by atoms with van der Waals surface area (Å²) in [7, 11) is 0. The first-order chi connectivity index (χ1) is 9.11. The molecular weight excluding hydrogens is 244 g/mol. The van der Waals surface area contributed by atoms with Crippen LogP contribution in [0.1, 0.15) is 40.7 Å². The van der Waals surface area contributed by atoms with E-state index in [0.29, 0.717) is 25.3 Å². The van der Waals surface area contributed by atoms with E-state index in [2.05, 4.69) is 15.0 Å². The van der Waals surface area contributed by atoms with E-state index in [1.807, 2.05) is 26.0 Å². The summed E-state index contributed by atoms with van der Waals surface area (Å²) in [6, 6.07) is 0. The average molecular weight is 262 g/mol. The Morgan fingerprint density at radius 1 is 1.53 bits per heavy atom. The van der Waals surface area contributed by atoms with Crippen LogP contribution in [0.25, 0.3) is 16.5 Å². The number of rotatable bonds is 6. The third kappa shape index (κ3) is 3.89. The molecule has 1 aromatic rings. The highest BCUT2D eigenvalue weighted by molar-refractivity contribution is 5.90. The third-order valence-corrected chi connectivity index (χ3v) is 2.72. The van der Waals surface area contributed by atoms with Crippen LogP contribution in [0, 0.1) is 13.8 Å². The van der Waals surface area contributed by atoms with E-state index < -0.39 is 0 Å². The van der Waals surface area contributed by atoms with Gasteiger partial charge in [-0.3, -0.25) is 0 Å². The van der Waals surface area contributed by atoms with E-state index >= 15 is 0 Å². The third-order valence-electron chi connectivity index (χ3n) is 2.72. The van der Waals surface area contributed by atoms with E-state index in [0.717, 1.165) is 16.8 Å². The second kappa shape index (κ2) is 7.28. The summed E-state index contributed by atoms with van der Waals surface area (Å²) in [5.41, 5.74) is 11.4. The number of hydrogen-bond donors (Lipinski definition) is 1. The number of hydrogen-bond acceptors (Lipinski definition) is 3. The number of esters is 1. The number of carbonyl (C=O) groups excluding carboxylic acids is 1. The summed E-state index contributed by atoms with van der Waals surface area (Å²) in [6.07, 6.45) is 4.52. The molecule has 0 radical (unpaired) electrons. The molecule has 0 atom stereocenters. The molecule has 1 heterocycles. The van der Waals surface area contributed by atoms with Crippen molar-refractivity contribution in [3.63, 3.8) is 0 Å². The summed E-state index contributed by atoms with van der Waals surface area (Å²) in [6.45, 7) is 6.35. The van der Waals surface area contributed by atoms with Crippen LogP contribution in [-0.2, 0) is 4.74 Å². The van der Waals surface area contributed by atoms with E-state index in [1.54, 1.807) is 6.92 Å². The number of carbonyl (C=O) groups is 1. The molecule has 0 saturated carbocycles. The van der Waals surface area contributed by atoms with Gasteiger partial charge in [0.2, 0.25) is 0 Å². The molecule has 0 unspecified atom stereocenters. The molecule has 0 amide bonds. The highest BCUT2D eigenvalue weighted by atomic mass is 16.5. The first kappa shape index (κ1) is 14.9. The summed E-state index contributed by atoms with van der Waals surface area (Å²) >= 11 is 0. The average Bonchev–Trinajstić information content (AvgIpc) is 2.66. The van der Waals surface area contributed by atoms with E-state index in [4.69, 9.17) is 10.3 Å². The molecule has 0 fully saturated rings. The van der Waals surface area contributed by atoms with E-state index in [-0.39, 0.29) is 5.97 Å². The van der Waals surface area contributed by atoms with Crippen molar-refractivity contribution in [3.05, 3.63) is 39.0 Å². The Bertz CT molecular complexity index is 525. The van der Waals surface area contributed by atoms with Gasteiger partial charge < -0.3 is 9.72 Å². The minimum Gasteiger partial charge on any atom is -0.461 e. The Morgan fingerprint density at radius 3 is 2.89 bits per heavy atom. The van der Waals surface area contributed by atoms with Gasteiger partial charge in [-0.2, -0.15) is 0 Å². The van der Waals surface area contributed by atoms with Gasteiger partial charge in [-0.15, -0.1) is 0 Å². The number of aromatic amines is 1. The number of azide groups is 1. The number of ether oxygens (including phenoxy) is 1. The lowest BCUT2D eigenvalue weighted by Crippen LogP contribution is -2.06. The quantitative estimate of drug-likeness (QED) is 0.279. The Morgan fingerprint density at radius 2 is 2.26 bits per heavy atom. The van der Waals surface area contributed by atoms with Crippen molar-refractivity contribution in [2.75, 3.05) is 13.2 Å². The lowest BCUT2D eigenvalue weighted by molar-refractivity contribution is 0.0519. The molecule has 1 rings (SSSR count). The van der Waals surface area contributed by atoms with Crippen molar-refractivity contribution >= 4 is 12.0 Å². The van der Waals surface area contributed by atoms with Crippen molar-refractivity contribution in [1.82, 2.24) is 4.98 Å². The van der Waals surface area contributed by atoms with Crippen LogP contribution < -0.4 is 0 Å². The molecule has 1 aromatic heterocycles. The highest BCUT2D eigenvalue weighted by Crippen LogP contribution is 2.20. The Balaban J connectivity index is 2.84. The molecule has 0 spiro atoms. The minimum atomic E-state index is -0.336. The van der Waals surface area contributed by atoms with Gasteiger partial charge in [0.1, 0.15) is 5.69 Å². The zero-order valence-corrected chi connectivity index (χ0v) is 11.4. The van der Waals surface area contributed by atoms with E-state index in [9.17, 15) is 4.79 Å². The number of aromatic nitrogens is 1. The number of nitrogens with one attached hydrogen (secondary N) is 1. The molecule has 6 heteroatoms. The largest absolute Gasteiger partial charge is 0.461 e. The first-order valence-corrected chi connectivity index (χ1v) is 6.15. The fraction of sp³-hybridized carbons (Fsp3) is 0.462. The van der Waals surface area contributed by atoms with Crippen LogP contribution in [0.2, 0.25) is 0 Å². The van der Waals surface area contributed by atoms with Crippen LogP contribution in [0.4, 0.5) is 0 Å². The lowest BCUT2D eigenvalue weighted by Gasteiger charge is -2.00. The molecule has 0 saturated heterocycles. The van der Waals surface area contributed by atoms with Gasteiger partial charge in [-0.1, -0.05) is 17.3 Å². The topological polar surface area (TPSA) is 90.9 Å². The van der Waals surface area contributed by atoms with Crippen LogP contribution in [-0.4, -0.2) is 24.1 Å². The fourth-order valence-electron chi connectivity index (χ4n) is 1.80. The Hall–Kier alpha value is -2.20. The standard InChI is InChI=1S/C13H18N4O2/c1-4-19-13(18)12-9(2)11(10(3)16-12)7-5-6-8-15-17-14/h5,7,16H,4,6,8H2,1-3H3. The van der Waals surface area contributed by atoms with Gasteiger partial charge >= 0.3 is 5.97 Å². The molecule has 1 N–H and O–H groups in total. The SMILES string of the molecule is CCOC(=O)c1[nH]c(C)c(C=CCCN=[N+]=[N-])c1C. The molecular formula is C13H18N4O2. The molecule has 102 valence electrons. The zero-order valence-electron chi connectivity index (χ0n) is 11.4. The maximum absolute atomic E-state index is 11.7. The Labute approximate surface area is 112 Å². The van der Waals surface area contributed by atoms with Crippen LogP contribution >= 0.6 is 0 Å². The number of aryl methyl sites for hydroxylation is 1. The number of H-pyrrole nitrogens is 1. The monoisotopic (exact) mass is 262 g/mol. The molecule has 0 bridgehead atoms. The summed E-state index contributed by atoms with van der Waals surface area (Å²) < 4.78 is 4.99. The molecule has 0 aliphatic heterocycles. The van der Waals surface area contributed by atoms with E-state index in [1.165, 1.54) is 0 Å². The van der Waals surface area contributed by atoms with Gasteiger partial charge in [0.05, 0.1) is 6.61 Å². The van der Waals surface area contributed by atoms with Gasteiger partial charge in [-0.05, 0) is 43.9 Å². The van der Waals surface area contributed by atoms with Crippen molar-refractivity contribution in [3.8, 4) is 0 Å². The summed E-state index contributed by atoms with van der Waals surface area (Å²) in [5, 5.41) is 3.45. The second-order valence-corrected chi connectivity index (χ2v) is 4.03. The Kier molecular flexibility index (Phi) is 5.70. The highest BCUT2D eigenvalue weighted by Gasteiger charge is 2.16. The summed E-state index contributed by atoms with van der Waals surface area (Å²) in [4.78, 5) is 17.4. The van der Waals surface area contributed by atoms with Gasteiger partial charge in [0, 0.05) is 17.2 Å². The van der Waals surface area contributed by atoms with Crippen molar-refractivity contribution in [2.45, 2.75) is 27.2 Å². The van der Waals surface area contributed by atoms with Gasteiger partial charge in [0.25, 0.3) is 0 Å². The maximum atomic E-state index is 11.7. The zero-order chi connectivity index (χ0) is 14.3.